The van der Waals surface area contributed by atoms with E-state index in [9.17, 15) is 13.6 Å². The molecule has 0 unspecified atom stereocenters. The summed E-state index contributed by atoms with van der Waals surface area (Å²) in [5.74, 6) is -3.70. The van der Waals surface area contributed by atoms with E-state index in [1.165, 1.54) is 7.11 Å². The van der Waals surface area contributed by atoms with Crippen LogP contribution in [0, 0.1) is 0 Å². The summed E-state index contributed by atoms with van der Waals surface area (Å²) in [6.45, 7) is 0.724. The third-order valence-electron chi connectivity index (χ3n) is 1.29. The Kier molecular flexibility index (Phi) is 7.07. The van der Waals surface area contributed by atoms with Crippen molar-refractivity contribution in [3.05, 3.63) is 0 Å². The van der Waals surface area contributed by atoms with E-state index in [4.69, 9.17) is 0 Å². The molecule has 0 N–H and O–H groups in total. The zero-order valence-electron chi connectivity index (χ0n) is 7.67. The van der Waals surface area contributed by atoms with E-state index in [0.29, 0.717) is 0 Å². The molecule has 0 aliphatic heterocycles. The molecule has 0 saturated carbocycles. The topological polar surface area (TPSA) is 35.5 Å². The van der Waals surface area contributed by atoms with E-state index in [2.05, 4.69) is 9.47 Å². The number of carbonyl (C=O) groups is 1. The molecule has 0 aromatic carbocycles. The van der Waals surface area contributed by atoms with Crippen LogP contribution in [-0.4, -0.2) is 32.2 Å². The summed E-state index contributed by atoms with van der Waals surface area (Å²) >= 11 is 0. The molecule has 0 spiro atoms. The fourth-order valence-corrected chi connectivity index (χ4v) is 0.720. The van der Waals surface area contributed by atoms with Crippen LogP contribution in [0.2, 0.25) is 0 Å². The minimum Gasteiger partial charge on any atom is -0.467 e. The van der Waals surface area contributed by atoms with Crippen LogP contribution in [0.5, 0.6) is 0 Å². The molecule has 0 aliphatic rings. The molecule has 0 fully saturated rings. The van der Waals surface area contributed by atoms with E-state index >= 15 is 0 Å². The predicted molar refractivity (Wildman–Crippen MR) is 45.3 cm³/mol. The number of hydrogen-bond acceptors (Lipinski definition) is 3. The number of carbonyl (C=O) groups excluding carboxylic acids is 1. The molecule has 6 heteroatoms. The van der Waals surface area contributed by atoms with Crippen molar-refractivity contribution in [1.82, 2.24) is 0 Å². The lowest BCUT2D eigenvalue weighted by molar-refractivity contribution is -0.157. The summed E-state index contributed by atoms with van der Waals surface area (Å²) in [4.78, 5) is 10.7. The van der Waals surface area contributed by atoms with Gasteiger partial charge < -0.3 is 9.47 Å². The van der Waals surface area contributed by atoms with Crippen molar-refractivity contribution < 1.29 is 23.0 Å². The van der Waals surface area contributed by atoms with Crippen LogP contribution >= 0.6 is 12.4 Å². The monoisotopic (exact) mass is 218 g/mol. The Balaban J connectivity index is 0. The number of alkyl halides is 2. The largest absolute Gasteiger partial charge is 0.467 e. The molecule has 0 aliphatic carbocycles. The van der Waals surface area contributed by atoms with Crippen LogP contribution in [0.15, 0.2) is 0 Å². The average Bonchev–Trinajstić information content (AvgIpc) is 1.97. The Hall–Kier alpha value is -0.420. The van der Waals surface area contributed by atoms with Crippen molar-refractivity contribution in [2.24, 2.45) is 0 Å². The van der Waals surface area contributed by atoms with E-state index in [1.807, 2.05) is 0 Å². The first-order valence-electron chi connectivity index (χ1n) is 3.39. The van der Waals surface area contributed by atoms with Gasteiger partial charge in [0.15, 0.2) is 6.10 Å². The van der Waals surface area contributed by atoms with E-state index in [1.54, 1.807) is 0 Å². The molecule has 13 heavy (non-hydrogen) atoms. The van der Waals surface area contributed by atoms with E-state index in [0.717, 1.165) is 14.0 Å². The highest BCUT2D eigenvalue weighted by Crippen LogP contribution is 2.20. The van der Waals surface area contributed by atoms with Gasteiger partial charge >= 0.3 is 5.97 Å². The number of hydrogen-bond donors (Lipinski definition) is 0. The Morgan fingerprint density at radius 2 is 1.92 bits per heavy atom. The lowest BCUT2D eigenvalue weighted by atomic mass is 10.1. The van der Waals surface area contributed by atoms with Gasteiger partial charge in [-0.1, -0.05) is 0 Å². The second-order valence-electron chi connectivity index (χ2n) is 2.52. The Bertz CT molecular complexity index is 158. The molecule has 3 nitrogen and oxygen atoms in total. The highest BCUT2D eigenvalue weighted by atomic mass is 35.5. The van der Waals surface area contributed by atoms with Crippen molar-refractivity contribution in [3.63, 3.8) is 0 Å². The summed E-state index contributed by atoms with van der Waals surface area (Å²) < 4.78 is 33.5. The second-order valence-corrected chi connectivity index (χ2v) is 2.52. The van der Waals surface area contributed by atoms with Gasteiger partial charge in [0.2, 0.25) is 5.92 Å². The Labute approximate surface area is 81.8 Å². The fourth-order valence-electron chi connectivity index (χ4n) is 0.720. The van der Waals surface area contributed by atoms with Gasteiger partial charge in [0, 0.05) is 13.5 Å². The average molecular weight is 219 g/mol. The zero-order chi connectivity index (χ0) is 9.78. The van der Waals surface area contributed by atoms with Gasteiger partial charge in [-0.25, -0.2) is 13.6 Å². The Morgan fingerprint density at radius 1 is 1.46 bits per heavy atom. The first-order valence-corrected chi connectivity index (χ1v) is 3.39. The number of ether oxygens (including phenoxy) is 2. The number of esters is 1. The van der Waals surface area contributed by atoms with Crippen LogP contribution in [0.3, 0.4) is 0 Å². The van der Waals surface area contributed by atoms with Crippen LogP contribution in [-0.2, 0) is 14.3 Å². The lowest BCUT2D eigenvalue weighted by Crippen LogP contribution is -2.30. The molecule has 0 bridgehead atoms. The van der Waals surface area contributed by atoms with Gasteiger partial charge in [-0.2, -0.15) is 0 Å². The van der Waals surface area contributed by atoms with Crippen molar-refractivity contribution in [1.29, 1.82) is 0 Å². The third-order valence-corrected chi connectivity index (χ3v) is 1.29. The van der Waals surface area contributed by atoms with E-state index < -0.39 is 24.4 Å². The fraction of sp³-hybridized carbons (Fsp3) is 0.857. The molecular formula is C7H13ClF2O3. The van der Waals surface area contributed by atoms with Crippen molar-refractivity contribution in [3.8, 4) is 0 Å². The SMILES string of the molecule is COC(=O)[C@H](CC(C)(F)F)OC.Cl. The first kappa shape index (κ1) is 15.1. The molecule has 0 rings (SSSR count). The molecule has 0 saturated heterocycles. The standard InChI is InChI=1S/C7H12F2O3.ClH/c1-7(8,9)4-5(11-2)6(10)12-3;/h5H,4H2,1-3H3;1H/t5-;/m0./s1. The lowest BCUT2D eigenvalue weighted by Gasteiger charge is -2.16. The van der Waals surface area contributed by atoms with Crippen LogP contribution in [0.4, 0.5) is 8.78 Å². The maximum atomic E-state index is 12.4. The van der Waals surface area contributed by atoms with Gasteiger partial charge in [-0.05, 0) is 6.92 Å². The van der Waals surface area contributed by atoms with Crippen LogP contribution < -0.4 is 0 Å². The number of halogens is 3. The summed E-state index contributed by atoms with van der Waals surface area (Å²) in [6.07, 6.45) is -1.84. The quantitative estimate of drug-likeness (QED) is 0.673. The van der Waals surface area contributed by atoms with Crippen molar-refractivity contribution >= 4 is 18.4 Å². The van der Waals surface area contributed by atoms with Crippen molar-refractivity contribution in [2.45, 2.75) is 25.4 Å². The minimum atomic E-state index is -2.92. The maximum absolute atomic E-state index is 12.4. The van der Waals surface area contributed by atoms with Gasteiger partial charge in [0.25, 0.3) is 0 Å². The Morgan fingerprint density at radius 3 is 2.15 bits per heavy atom. The van der Waals surface area contributed by atoms with Crippen molar-refractivity contribution in [2.75, 3.05) is 14.2 Å². The summed E-state index contributed by atoms with van der Waals surface area (Å²) in [7, 11) is 2.31. The van der Waals surface area contributed by atoms with Crippen LogP contribution in [0.1, 0.15) is 13.3 Å². The normalized spacial score (nSPS) is 13.0. The molecule has 0 heterocycles. The zero-order valence-corrected chi connectivity index (χ0v) is 8.49. The summed E-state index contributed by atoms with van der Waals surface area (Å²) in [6, 6.07) is 0. The summed E-state index contributed by atoms with van der Waals surface area (Å²) in [5.41, 5.74) is 0. The third kappa shape index (κ3) is 6.72. The molecule has 0 radical (unpaired) electrons. The molecule has 0 aromatic heterocycles. The second kappa shape index (κ2) is 6.10. The number of rotatable bonds is 4. The van der Waals surface area contributed by atoms with Gasteiger partial charge in [0.1, 0.15) is 0 Å². The van der Waals surface area contributed by atoms with E-state index in [-0.39, 0.29) is 12.4 Å². The molecular weight excluding hydrogens is 206 g/mol. The molecule has 0 amide bonds. The molecule has 80 valence electrons. The number of methoxy groups -OCH3 is 2. The predicted octanol–water partition coefficient (Wildman–Crippen LogP) is 1.64. The maximum Gasteiger partial charge on any atom is 0.335 e. The van der Waals surface area contributed by atoms with Gasteiger partial charge in [0.05, 0.1) is 7.11 Å². The van der Waals surface area contributed by atoms with Crippen LogP contribution in [0.25, 0.3) is 0 Å². The highest BCUT2D eigenvalue weighted by Gasteiger charge is 2.31. The smallest absolute Gasteiger partial charge is 0.335 e. The van der Waals surface area contributed by atoms with Gasteiger partial charge in [-0.3, -0.25) is 0 Å². The molecule has 1 atom stereocenters. The molecule has 0 aromatic rings. The summed E-state index contributed by atoms with van der Waals surface area (Å²) in [5, 5.41) is 0. The minimum absolute atomic E-state index is 0. The van der Waals surface area contributed by atoms with Gasteiger partial charge in [-0.15, -0.1) is 12.4 Å². The first-order chi connectivity index (χ1) is 5.40. The highest BCUT2D eigenvalue weighted by molar-refractivity contribution is 5.85.